The van der Waals surface area contributed by atoms with E-state index in [4.69, 9.17) is 4.42 Å². The first kappa shape index (κ1) is 8.23. The van der Waals surface area contributed by atoms with Crippen molar-refractivity contribution in [2.45, 2.75) is 0 Å². The van der Waals surface area contributed by atoms with E-state index in [1.807, 2.05) is 18.2 Å². The predicted molar refractivity (Wildman–Crippen MR) is 51.7 cm³/mol. The number of rotatable bonds is 1. The van der Waals surface area contributed by atoms with Gasteiger partial charge in [-0.3, -0.25) is 0 Å². The van der Waals surface area contributed by atoms with Gasteiger partial charge in [0, 0.05) is 15.9 Å². The third kappa shape index (κ3) is 1.54. The Morgan fingerprint density at radius 3 is 3.00 bits per heavy atom. The average molecular weight is 238 g/mol. The van der Waals surface area contributed by atoms with Gasteiger partial charge in [-0.2, -0.15) is 0 Å². The number of fused-ring (bicyclic) bond motifs is 1. The van der Waals surface area contributed by atoms with Gasteiger partial charge in [-0.25, -0.2) is 4.79 Å². The lowest BCUT2D eigenvalue weighted by Gasteiger charge is -1.87. The molecule has 13 heavy (non-hydrogen) atoms. The molecule has 2 aromatic rings. The van der Waals surface area contributed by atoms with Crippen molar-refractivity contribution in [3.8, 4) is 0 Å². The third-order valence-corrected chi connectivity index (χ3v) is 2.12. The zero-order valence-corrected chi connectivity index (χ0v) is 8.04. The van der Waals surface area contributed by atoms with Gasteiger partial charge in [0.25, 0.3) is 0 Å². The fourth-order valence-corrected chi connectivity index (χ4v) is 1.43. The maximum atomic E-state index is 9.96. The zero-order chi connectivity index (χ0) is 9.26. The minimum absolute atomic E-state index is 0.281. The third-order valence-electron chi connectivity index (χ3n) is 1.62. The lowest BCUT2D eigenvalue weighted by Crippen LogP contribution is -1.62. The van der Waals surface area contributed by atoms with Gasteiger partial charge in [0.2, 0.25) is 12.0 Å². The van der Waals surface area contributed by atoms with Crippen molar-refractivity contribution in [2.24, 2.45) is 4.99 Å². The summed E-state index contributed by atoms with van der Waals surface area (Å²) in [7, 11) is 0. The van der Waals surface area contributed by atoms with Crippen LogP contribution in [0.4, 0.5) is 5.88 Å². The molecule has 3 nitrogen and oxygen atoms in total. The van der Waals surface area contributed by atoms with Crippen molar-refractivity contribution in [1.82, 2.24) is 0 Å². The van der Waals surface area contributed by atoms with Gasteiger partial charge in [-0.15, -0.1) is 4.99 Å². The fourth-order valence-electron chi connectivity index (χ4n) is 1.09. The molecule has 4 heteroatoms. The van der Waals surface area contributed by atoms with E-state index in [0.717, 1.165) is 9.86 Å². The molecule has 0 aliphatic rings. The number of hydrogen-bond donors (Lipinski definition) is 0. The van der Waals surface area contributed by atoms with Crippen LogP contribution < -0.4 is 0 Å². The molecule has 0 saturated carbocycles. The van der Waals surface area contributed by atoms with Crippen LogP contribution in [0.5, 0.6) is 0 Å². The van der Waals surface area contributed by atoms with E-state index >= 15 is 0 Å². The van der Waals surface area contributed by atoms with E-state index in [2.05, 4.69) is 20.9 Å². The second-order valence-electron chi connectivity index (χ2n) is 2.47. The van der Waals surface area contributed by atoms with Crippen LogP contribution >= 0.6 is 15.9 Å². The number of nitrogens with zero attached hydrogens (tertiary/aromatic N) is 1. The SMILES string of the molecule is O=C=Nc1cc2ccc(Br)cc2o1. The smallest absolute Gasteiger partial charge is 0.243 e. The molecule has 0 fully saturated rings. The number of halogens is 1. The summed E-state index contributed by atoms with van der Waals surface area (Å²) in [6.07, 6.45) is 1.43. The molecule has 1 aromatic carbocycles. The van der Waals surface area contributed by atoms with E-state index in [-0.39, 0.29) is 5.88 Å². The van der Waals surface area contributed by atoms with E-state index < -0.39 is 0 Å². The summed E-state index contributed by atoms with van der Waals surface area (Å²) in [5, 5.41) is 0.914. The molecule has 2 rings (SSSR count). The van der Waals surface area contributed by atoms with Crippen molar-refractivity contribution < 1.29 is 9.21 Å². The molecule has 0 bridgehead atoms. The molecule has 0 aliphatic heterocycles. The molecule has 0 spiro atoms. The number of isocyanates is 1. The Labute approximate surface area is 82.2 Å². The normalized spacial score (nSPS) is 9.92. The number of aliphatic imine (C=N–C) groups is 1. The Balaban J connectivity index is 2.68. The predicted octanol–water partition coefficient (Wildman–Crippen LogP) is 3.16. The van der Waals surface area contributed by atoms with Crippen LogP contribution in [0.1, 0.15) is 0 Å². The standard InChI is InChI=1S/C9H4BrNO2/c10-7-2-1-6-3-9(11-5-12)13-8(6)4-7/h1-4H. The fraction of sp³-hybridized carbons (Fsp3) is 0. The molecule has 0 radical (unpaired) electrons. The van der Waals surface area contributed by atoms with Crippen LogP contribution in [0, 0.1) is 0 Å². The van der Waals surface area contributed by atoms with Crippen LogP contribution in [0.15, 0.2) is 38.1 Å². The Morgan fingerprint density at radius 2 is 2.23 bits per heavy atom. The Hall–Kier alpha value is -1.38. The minimum Gasteiger partial charge on any atom is -0.438 e. The molecule has 0 atom stereocenters. The van der Waals surface area contributed by atoms with Crippen molar-refractivity contribution in [3.63, 3.8) is 0 Å². The van der Waals surface area contributed by atoms with Crippen LogP contribution in [0.2, 0.25) is 0 Å². The van der Waals surface area contributed by atoms with Gasteiger partial charge < -0.3 is 4.42 Å². The highest BCUT2D eigenvalue weighted by atomic mass is 79.9. The maximum absolute atomic E-state index is 9.96. The van der Waals surface area contributed by atoms with E-state index in [0.29, 0.717) is 5.58 Å². The molecular formula is C9H4BrNO2. The van der Waals surface area contributed by atoms with Gasteiger partial charge in [0.1, 0.15) is 5.58 Å². The summed E-state index contributed by atoms with van der Waals surface area (Å²) in [5.74, 6) is 0.281. The zero-order valence-electron chi connectivity index (χ0n) is 6.45. The Bertz CT molecular complexity index is 497. The van der Waals surface area contributed by atoms with E-state index in [1.54, 1.807) is 6.07 Å². The topological polar surface area (TPSA) is 42.6 Å². The molecule has 1 heterocycles. The van der Waals surface area contributed by atoms with E-state index in [1.165, 1.54) is 6.08 Å². The Kier molecular flexibility index (Phi) is 2.00. The molecular weight excluding hydrogens is 234 g/mol. The highest BCUT2D eigenvalue weighted by Crippen LogP contribution is 2.27. The lowest BCUT2D eigenvalue weighted by molar-refractivity contribution is 0.561. The van der Waals surface area contributed by atoms with Crippen molar-refractivity contribution >= 4 is 38.9 Å². The average Bonchev–Trinajstić information content (AvgIpc) is 2.46. The monoisotopic (exact) mass is 237 g/mol. The van der Waals surface area contributed by atoms with Gasteiger partial charge >= 0.3 is 0 Å². The van der Waals surface area contributed by atoms with Crippen molar-refractivity contribution in [2.75, 3.05) is 0 Å². The summed E-state index contributed by atoms with van der Waals surface area (Å²) in [5.41, 5.74) is 0.698. The summed E-state index contributed by atoms with van der Waals surface area (Å²) in [6, 6.07) is 7.28. The van der Waals surface area contributed by atoms with Gasteiger partial charge in [-0.05, 0) is 18.2 Å². The Morgan fingerprint density at radius 1 is 1.38 bits per heavy atom. The van der Waals surface area contributed by atoms with Crippen molar-refractivity contribution in [1.29, 1.82) is 0 Å². The summed E-state index contributed by atoms with van der Waals surface area (Å²) in [4.78, 5) is 13.3. The quantitative estimate of drug-likeness (QED) is 0.565. The first-order valence-corrected chi connectivity index (χ1v) is 4.36. The van der Waals surface area contributed by atoms with Gasteiger partial charge in [0.15, 0.2) is 0 Å². The largest absolute Gasteiger partial charge is 0.438 e. The molecule has 0 unspecified atom stereocenters. The molecule has 0 N–H and O–H groups in total. The first-order valence-electron chi connectivity index (χ1n) is 3.56. The highest BCUT2D eigenvalue weighted by molar-refractivity contribution is 9.10. The molecule has 64 valence electrons. The summed E-state index contributed by atoms with van der Waals surface area (Å²) < 4.78 is 6.16. The highest BCUT2D eigenvalue weighted by Gasteiger charge is 2.01. The maximum Gasteiger partial charge on any atom is 0.243 e. The number of hydrogen-bond acceptors (Lipinski definition) is 3. The molecule has 0 saturated heterocycles. The summed E-state index contributed by atoms with van der Waals surface area (Å²) >= 11 is 3.31. The minimum atomic E-state index is 0.281. The van der Waals surface area contributed by atoms with Crippen LogP contribution in [-0.4, -0.2) is 6.08 Å². The van der Waals surface area contributed by atoms with Crippen LogP contribution in [0.25, 0.3) is 11.0 Å². The first-order chi connectivity index (χ1) is 6.29. The van der Waals surface area contributed by atoms with Crippen LogP contribution in [0.3, 0.4) is 0 Å². The molecule has 1 aromatic heterocycles. The molecule has 0 amide bonds. The van der Waals surface area contributed by atoms with Crippen LogP contribution in [-0.2, 0) is 4.79 Å². The number of benzene rings is 1. The van der Waals surface area contributed by atoms with Gasteiger partial charge in [-0.1, -0.05) is 15.9 Å². The second-order valence-corrected chi connectivity index (χ2v) is 3.39. The van der Waals surface area contributed by atoms with Gasteiger partial charge in [0.05, 0.1) is 0 Å². The number of carbonyl (C=O) groups excluding carboxylic acids is 1. The number of furan rings is 1. The van der Waals surface area contributed by atoms with E-state index in [9.17, 15) is 4.79 Å². The second kappa shape index (κ2) is 3.17. The molecule has 0 aliphatic carbocycles. The lowest BCUT2D eigenvalue weighted by atomic mass is 10.3. The van der Waals surface area contributed by atoms with Crippen molar-refractivity contribution in [3.05, 3.63) is 28.7 Å². The summed E-state index contributed by atoms with van der Waals surface area (Å²) in [6.45, 7) is 0.